The zero-order valence-corrected chi connectivity index (χ0v) is 12.1. The summed E-state index contributed by atoms with van der Waals surface area (Å²) in [5, 5.41) is 0. The Labute approximate surface area is 122 Å². The Hall–Kier alpha value is -2.30. The highest BCUT2D eigenvalue weighted by atomic mass is 16.6. The maximum absolute atomic E-state index is 12.5. The van der Waals surface area contributed by atoms with Crippen molar-refractivity contribution in [2.45, 2.75) is 26.1 Å². The molecule has 0 saturated heterocycles. The second kappa shape index (κ2) is 4.91. The zero-order chi connectivity index (χ0) is 15.1. The van der Waals surface area contributed by atoms with Crippen LogP contribution in [0.5, 0.6) is 5.75 Å². The van der Waals surface area contributed by atoms with Crippen LogP contribution in [0.15, 0.2) is 35.6 Å². The fourth-order valence-electron chi connectivity index (χ4n) is 2.56. The van der Waals surface area contributed by atoms with Crippen molar-refractivity contribution in [3.63, 3.8) is 0 Å². The van der Waals surface area contributed by atoms with E-state index in [2.05, 4.69) is 0 Å². The number of esters is 1. The minimum absolute atomic E-state index is 0.0615. The molecule has 21 heavy (non-hydrogen) atoms. The summed E-state index contributed by atoms with van der Waals surface area (Å²) in [6.45, 7) is 3.57. The number of benzene rings is 1. The minimum Gasteiger partial charge on any atom is -0.497 e. The van der Waals surface area contributed by atoms with Gasteiger partial charge >= 0.3 is 5.97 Å². The molecule has 0 fully saturated rings. The van der Waals surface area contributed by atoms with Gasteiger partial charge in [0.25, 0.3) is 0 Å². The number of hydrogen-bond acceptors (Lipinski definition) is 5. The third-order valence-electron chi connectivity index (χ3n) is 4.02. The molecule has 2 heterocycles. The van der Waals surface area contributed by atoms with Gasteiger partial charge in [0, 0.05) is 0 Å². The molecule has 3 atom stereocenters. The lowest BCUT2D eigenvalue weighted by Gasteiger charge is -2.26. The van der Waals surface area contributed by atoms with E-state index in [1.54, 1.807) is 45.2 Å². The van der Waals surface area contributed by atoms with Crippen molar-refractivity contribution < 1.29 is 23.8 Å². The number of hydrogen-bond donors (Lipinski definition) is 0. The monoisotopic (exact) mass is 288 g/mol. The summed E-state index contributed by atoms with van der Waals surface area (Å²) in [7, 11) is 1.58. The molecule has 0 N–H and O–H groups in total. The molecule has 0 radical (unpaired) electrons. The van der Waals surface area contributed by atoms with Crippen molar-refractivity contribution in [3.8, 4) is 5.75 Å². The van der Waals surface area contributed by atoms with Crippen LogP contribution in [0.1, 0.15) is 25.5 Å². The number of Topliss-reactive ketones (excluding diaryl/α,β-unsaturated/α-hetero) is 1. The molecule has 3 unspecified atom stereocenters. The Morgan fingerprint density at radius 1 is 1.05 bits per heavy atom. The lowest BCUT2D eigenvalue weighted by molar-refractivity contribution is -0.144. The molecule has 2 aliphatic heterocycles. The van der Waals surface area contributed by atoms with Gasteiger partial charge < -0.3 is 14.2 Å². The molecule has 0 bridgehead atoms. The van der Waals surface area contributed by atoms with Gasteiger partial charge in [-0.1, -0.05) is 19.1 Å². The van der Waals surface area contributed by atoms with Gasteiger partial charge in [-0.3, -0.25) is 4.79 Å². The van der Waals surface area contributed by atoms with Crippen LogP contribution in [0, 0.1) is 5.92 Å². The molecule has 0 aliphatic carbocycles. The first-order valence-electron chi connectivity index (χ1n) is 6.83. The average molecular weight is 288 g/mol. The standard InChI is InChI=1S/C16H16O5/c1-8-9(2)20-15-12(13(8)17)14(21-16(15)18)10-4-6-11(19-3)7-5-10/h4-9,14H,1-3H3. The van der Waals surface area contributed by atoms with Crippen molar-refractivity contribution in [2.24, 2.45) is 5.92 Å². The first-order valence-corrected chi connectivity index (χ1v) is 6.83. The van der Waals surface area contributed by atoms with Gasteiger partial charge in [0.2, 0.25) is 5.76 Å². The van der Waals surface area contributed by atoms with E-state index >= 15 is 0 Å². The number of cyclic esters (lactones) is 1. The smallest absolute Gasteiger partial charge is 0.375 e. The van der Waals surface area contributed by atoms with Crippen molar-refractivity contribution in [1.82, 2.24) is 0 Å². The molecular formula is C16H16O5. The summed E-state index contributed by atoms with van der Waals surface area (Å²) < 4.78 is 16.0. The Morgan fingerprint density at radius 3 is 2.33 bits per heavy atom. The Balaban J connectivity index is 2.00. The van der Waals surface area contributed by atoms with Crippen LogP contribution in [0.4, 0.5) is 0 Å². The van der Waals surface area contributed by atoms with Gasteiger partial charge in [0.1, 0.15) is 11.9 Å². The van der Waals surface area contributed by atoms with E-state index < -0.39 is 12.1 Å². The van der Waals surface area contributed by atoms with Crippen molar-refractivity contribution in [2.75, 3.05) is 7.11 Å². The predicted octanol–water partition coefficient (Wildman–Crippen LogP) is 2.17. The highest BCUT2D eigenvalue weighted by Gasteiger charge is 2.47. The topological polar surface area (TPSA) is 61.8 Å². The van der Waals surface area contributed by atoms with Gasteiger partial charge in [0.15, 0.2) is 11.9 Å². The van der Waals surface area contributed by atoms with Crippen molar-refractivity contribution in [1.29, 1.82) is 0 Å². The van der Waals surface area contributed by atoms with E-state index in [0.29, 0.717) is 11.3 Å². The quantitative estimate of drug-likeness (QED) is 0.780. The third-order valence-corrected chi connectivity index (χ3v) is 4.02. The highest BCUT2D eigenvalue weighted by molar-refractivity contribution is 6.08. The SMILES string of the molecule is COc1ccc(C2OC(=O)C3=C2C(=O)C(C)C(C)O3)cc1. The molecule has 0 aromatic heterocycles. The summed E-state index contributed by atoms with van der Waals surface area (Å²) in [6.07, 6.45) is -1.01. The van der Waals surface area contributed by atoms with Crippen LogP contribution >= 0.6 is 0 Å². The number of carbonyl (C=O) groups is 2. The summed E-state index contributed by atoms with van der Waals surface area (Å²) in [4.78, 5) is 24.4. The molecule has 110 valence electrons. The van der Waals surface area contributed by atoms with E-state index in [1.165, 1.54) is 0 Å². The third kappa shape index (κ3) is 2.09. The van der Waals surface area contributed by atoms with Crippen LogP contribution in [0.2, 0.25) is 0 Å². The minimum atomic E-state index is -0.694. The molecular weight excluding hydrogens is 272 g/mol. The predicted molar refractivity (Wildman–Crippen MR) is 73.6 cm³/mol. The first-order chi connectivity index (χ1) is 10.0. The maximum atomic E-state index is 12.5. The summed E-state index contributed by atoms with van der Waals surface area (Å²) >= 11 is 0. The number of rotatable bonds is 2. The van der Waals surface area contributed by atoms with Gasteiger partial charge in [0.05, 0.1) is 18.6 Å². The Morgan fingerprint density at radius 2 is 1.71 bits per heavy atom. The van der Waals surface area contributed by atoms with Gasteiger partial charge in [-0.2, -0.15) is 0 Å². The second-order valence-corrected chi connectivity index (χ2v) is 5.28. The van der Waals surface area contributed by atoms with Gasteiger partial charge in [-0.05, 0) is 24.6 Å². The Bertz CT molecular complexity index is 629. The number of methoxy groups -OCH3 is 1. The average Bonchev–Trinajstić information content (AvgIpc) is 2.82. The van der Waals surface area contributed by atoms with E-state index in [-0.39, 0.29) is 23.6 Å². The van der Waals surface area contributed by atoms with Gasteiger partial charge in [-0.25, -0.2) is 4.79 Å². The van der Waals surface area contributed by atoms with Crippen molar-refractivity contribution >= 4 is 11.8 Å². The summed E-state index contributed by atoms with van der Waals surface area (Å²) in [6, 6.07) is 7.09. The summed E-state index contributed by atoms with van der Waals surface area (Å²) in [5.74, 6) is -0.191. The fourth-order valence-corrected chi connectivity index (χ4v) is 2.56. The Kier molecular flexibility index (Phi) is 3.20. The lowest BCUT2D eigenvalue weighted by atomic mass is 9.87. The van der Waals surface area contributed by atoms with Crippen LogP contribution in [-0.4, -0.2) is 25.0 Å². The summed E-state index contributed by atoms with van der Waals surface area (Å²) in [5.41, 5.74) is 1.06. The highest BCUT2D eigenvalue weighted by Crippen LogP contribution is 2.41. The van der Waals surface area contributed by atoms with Crippen molar-refractivity contribution in [3.05, 3.63) is 41.2 Å². The number of ketones is 1. The largest absolute Gasteiger partial charge is 0.497 e. The molecule has 0 amide bonds. The molecule has 2 aliphatic rings. The second-order valence-electron chi connectivity index (χ2n) is 5.28. The van der Waals surface area contributed by atoms with Gasteiger partial charge in [-0.15, -0.1) is 0 Å². The number of carbonyl (C=O) groups excluding carboxylic acids is 2. The van der Waals surface area contributed by atoms with E-state index in [1.807, 2.05) is 0 Å². The molecule has 3 rings (SSSR count). The number of ether oxygens (including phenoxy) is 3. The van der Waals surface area contributed by atoms with Crippen LogP contribution in [0.3, 0.4) is 0 Å². The van der Waals surface area contributed by atoms with Crippen LogP contribution in [-0.2, 0) is 19.1 Å². The van der Waals surface area contributed by atoms with E-state index in [4.69, 9.17) is 14.2 Å². The molecule has 1 aromatic rings. The lowest BCUT2D eigenvalue weighted by Crippen LogP contribution is -2.33. The fraction of sp³-hybridized carbons (Fsp3) is 0.375. The van der Waals surface area contributed by atoms with E-state index in [0.717, 1.165) is 5.56 Å². The first kappa shape index (κ1) is 13.7. The molecule has 0 saturated carbocycles. The van der Waals surface area contributed by atoms with Crippen LogP contribution in [0.25, 0.3) is 0 Å². The molecule has 5 nitrogen and oxygen atoms in total. The molecule has 1 aromatic carbocycles. The van der Waals surface area contributed by atoms with E-state index in [9.17, 15) is 9.59 Å². The normalized spacial score (nSPS) is 28.0. The maximum Gasteiger partial charge on any atom is 0.375 e. The molecule has 5 heteroatoms. The van der Waals surface area contributed by atoms with Crippen LogP contribution < -0.4 is 4.74 Å². The zero-order valence-electron chi connectivity index (χ0n) is 12.1. The molecule has 0 spiro atoms.